The molecule has 0 aliphatic heterocycles. The van der Waals surface area contributed by atoms with Crippen LogP contribution in [0, 0.1) is 0 Å². The minimum Gasteiger partial charge on any atom is -0.395 e. The second-order valence-electron chi connectivity index (χ2n) is 2.43. The lowest BCUT2D eigenvalue weighted by Crippen LogP contribution is -2.29. The second kappa shape index (κ2) is 4.21. The van der Waals surface area contributed by atoms with Gasteiger partial charge in [-0.05, 0) is 6.42 Å². The van der Waals surface area contributed by atoms with Gasteiger partial charge in [0.1, 0.15) is 0 Å². The Morgan fingerprint density at radius 2 is 1.78 bits per heavy atom. The first-order chi connectivity index (χ1) is 4.18. The van der Waals surface area contributed by atoms with E-state index < -0.39 is 0 Å². The summed E-state index contributed by atoms with van der Waals surface area (Å²) in [4.78, 5) is 0. The van der Waals surface area contributed by atoms with E-state index in [4.69, 9.17) is 10.2 Å². The molecule has 0 heterocycles. The third-order valence-corrected chi connectivity index (χ3v) is 2.03. The summed E-state index contributed by atoms with van der Waals surface area (Å²) < 4.78 is 0. The van der Waals surface area contributed by atoms with Gasteiger partial charge >= 0.3 is 0 Å². The summed E-state index contributed by atoms with van der Waals surface area (Å²) in [5.41, 5.74) is 0. The summed E-state index contributed by atoms with van der Waals surface area (Å²) in [6.07, 6.45) is 1.84. The molecule has 1 atom stereocenters. The highest BCUT2D eigenvalue weighted by molar-refractivity contribution is 7.19. The third-order valence-electron chi connectivity index (χ3n) is 1.38. The van der Waals surface area contributed by atoms with Crippen molar-refractivity contribution in [3.63, 3.8) is 0 Å². The summed E-state index contributed by atoms with van der Waals surface area (Å²) >= 11 is 0. The van der Waals surface area contributed by atoms with Crippen LogP contribution in [0.25, 0.3) is 0 Å². The van der Waals surface area contributed by atoms with E-state index in [9.17, 15) is 0 Å². The monoisotopic (exact) mass is 150 g/mol. The van der Waals surface area contributed by atoms with Crippen LogP contribution < -0.4 is 0 Å². The lowest BCUT2D eigenvalue weighted by atomic mass is 10.1. The summed E-state index contributed by atoms with van der Waals surface area (Å²) in [7, 11) is 2.49. The smallest absolute Gasteiger partial charge is 0.0543 e. The van der Waals surface area contributed by atoms with Gasteiger partial charge in [-0.25, -0.2) is 0 Å². The molecule has 1 unspecified atom stereocenters. The minimum absolute atomic E-state index is 0.0437. The molecule has 2 nitrogen and oxygen atoms in total. The van der Waals surface area contributed by atoms with Crippen molar-refractivity contribution < 1.29 is 10.2 Å². The van der Waals surface area contributed by atoms with E-state index in [1.165, 1.54) is 0 Å². The fourth-order valence-corrected chi connectivity index (χ4v) is 0.995. The van der Waals surface area contributed by atoms with E-state index >= 15 is 0 Å². The Kier molecular flexibility index (Phi) is 4.37. The van der Waals surface area contributed by atoms with Crippen LogP contribution in [0.1, 0.15) is 19.8 Å². The van der Waals surface area contributed by atoms with Crippen molar-refractivity contribution in [1.29, 1.82) is 0 Å². The SMILES string of the molecule is CCCC(P)(CO)CO. The van der Waals surface area contributed by atoms with Crippen molar-refractivity contribution in [3.8, 4) is 0 Å². The zero-order chi connectivity index (χ0) is 7.33. The van der Waals surface area contributed by atoms with Crippen LogP contribution in [-0.4, -0.2) is 28.6 Å². The molecule has 0 amide bonds. The zero-order valence-corrected chi connectivity index (χ0v) is 6.95. The van der Waals surface area contributed by atoms with Gasteiger partial charge in [0.2, 0.25) is 0 Å². The van der Waals surface area contributed by atoms with Crippen LogP contribution in [0.3, 0.4) is 0 Å². The Labute approximate surface area is 58.5 Å². The van der Waals surface area contributed by atoms with Crippen molar-refractivity contribution in [3.05, 3.63) is 0 Å². The van der Waals surface area contributed by atoms with Crippen LogP contribution >= 0.6 is 9.24 Å². The molecular weight excluding hydrogens is 135 g/mol. The lowest BCUT2D eigenvalue weighted by Gasteiger charge is -2.22. The van der Waals surface area contributed by atoms with Crippen LogP contribution in [0.15, 0.2) is 0 Å². The first-order valence-corrected chi connectivity index (χ1v) is 3.77. The van der Waals surface area contributed by atoms with E-state index in [2.05, 4.69) is 9.24 Å². The van der Waals surface area contributed by atoms with Gasteiger partial charge < -0.3 is 10.2 Å². The van der Waals surface area contributed by atoms with Crippen LogP contribution in [0.2, 0.25) is 0 Å². The second-order valence-corrected chi connectivity index (χ2v) is 3.65. The molecule has 0 aliphatic carbocycles. The number of rotatable bonds is 4. The molecule has 0 aromatic carbocycles. The van der Waals surface area contributed by atoms with E-state index in [1.807, 2.05) is 6.92 Å². The van der Waals surface area contributed by atoms with Crippen molar-refractivity contribution in [2.45, 2.75) is 24.9 Å². The van der Waals surface area contributed by atoms with Gasteiger partial charge in [0, 0.05) is 5.16 Å². The van der Waals surface area contributed by atoms with Crippen LogP contribution in [0.5, 0.6) is 0 Å². The molecule has 0 radical (unpaired) electrons. The molecule has 9 heavy (non-hydrogen) atoms. The highest BCUT2D eigenvalue weighted by Gasteiger charge is 2.20. The predicted molar refractivity (Wildman–Crippen MR) is 41.5 cm³/mol. The molecule has 0 fully saturated rings. The number of hydrogen-bond acceptors (Lipinski definition) is 2. The maximum Gasteiger partial charge on any atom is 0.0543 e. The van der Waals surface area contributed by atoms with E-state index in [0.29, 0.717) is 0 Å². The molecule has 0 aromatic heterocycles. The fourth-order valence-electron chi connectivity index (χ4n) is 0.706. The van der Waals surface area contributed by atoms with E-state index in [0.717, 1.165) is 12.8 Å². The first-order valence-electron chi connectivity index (χ1n) is 3.19. The molecule has 0 spiro atoms. The number of aliphatic hydroxyl groups is 2. The number of hydrogen-bond donors (Lipinski definition) is 2. The van der Waals surface area contributed by atoms with Crippen molar-refractivity contribution in [2.75, 3.05) is 13.2 Å². The molecule has 0 saturated heterocycles. The van der Waals surface area contributed by atoms with E-state index in [1.54, 1.807) is 0 Å². The van der Waals surface area contributed by atoms with Crippen LogP contribution in [-0.2, 0) is 0 Å². The van der Waals surface area contributed by atoms with Gasteiger partial charge in [-0.15, -0.1) is 9.24 Å². The summed E-state index contributed by atoms with van der Waals surface area (Å²) in [6, 6.07) is 0. The zero-order valence-electron chi connectivity index (χ0n) is 5.80. The fraction of sp³-hybridized carbons (Fsp3) is 1.00. The van der Waals surface area contributed by atoms with Gasteiger partial charge in [0.25, 0.3) is 0 Å². The topological polar surface area (TPSA) is 40.5 Å². The molecule has 0 aromatic rings. The van der Waals surface area contributed by atoms with Crippen molar-refractivity contribution in [2.24, 2.45) is 0 Å². The molecular formula is C6H15O2P. The Hall–Kier alpha value is 0.350. The summed E-state index contributed by atoms with van der Waals surface area (Å²) in [6.45, 7) is 2.12. The van der Waals surface area contributed by atoms with E-state index in [-0.39, 0.29) is 18.4 Å². The molecule has 2 N–H and O–H groups in total. The summed E-state index contributed by atoms with van der Waals surface area (Å²) in [5.74, 6) is 0. The van der Waals surface area contributed by atoms with Crippen molar-refractivity contribution in [1.82, 2.24) is 0 Å². The highest BCUT2D eigenvalue weighted by Crippen LogP contribution is 2.22. The maximum absolute atomic E-state index is 8.74. The largest absolute Gasteiger partial charge is 0.395 e. The van der Waals surface area contributed by atoms with Gasteiger partial charge in [-0.1, -0.05) is 13.3 Å². The quantitative estimate of drug-likeness (QED) is 0.569. The lowest BCUT2D eigenvalue weighted by molar-refractivity contribution is 0.165. The highest BCUT2D eigenvalue weighted by atomic mass is 31.0. The average Bonchev–Trinajstić information content (AvgIpc) is 1.89. The maximum atomic E-state index is 8.74. The molecule has 0 bridgehead atoms. The molecule has 3 heteroatoms. The third kappa shape index (κ3) is 3.14. The minimum atomic E-state index is -0.339. The van der Waals surface area contributed by atoms with Crippen molar-refractivity contribution >= 4 is 9.24 Å². The first kappa shape index (κ1) is 9.35. The normalized spacial score (nSPS) is 12.0. The van der Waals surface area contributed by atoms with Gasteiger partial charge in [0.15, 0.2) is 0 Å². The average molecular weight is 150 g/mol. The Morgan fingerprint density at radius 1 is 1.33 bits per heavy atom. The molecule has 56 valence electrons. The van der Waals surface area contributed by atoms with Gasteiger partial charge in [-0.3, -0.25) is 0 Å². The number of aliphatic hydroxyl groups excluding tert-OH is 2. The molecule has 0 aliphatic rings. The van der Waals surface area contributed by atoms with Gasteiger partial charge in [0.05, 0.1) is 13.2 Å². The standard InChI is InChI=1S/C6H15O2P/c1-2-3-6(9,4-7)5-8/h7-8H,2-5,9H2,1H3. The predicted octanol–water partition coefficient (Wildman–Crippen LogP) is 0.385. The van der Waals surface area contributed by atoms with Gasteiger partial charge in [-0.2, -0.15) is 0 Å². The molecule has 0 saturated carbocycles. The molecule has 0 rings (SSSR count). The Bertz CT molecular complexity index is 71.5. The summed E-state index contributed by atoms with van der Waals surface area (Å²) in [5, 5.41) is 17.1. The Balaban J connectivity index is 3.62. The van der Waals surface area contributed by atoms with Crippen LogP contribution in [0.4, 0.5) is 0 Å². The Morgan fingerprint density at radius 3 is 1.89 bits per heavy atom.